The molecular formula is C23H26N4O4. The maximum atomic E-state index is 12.5. The molecule has 0 saturated heterocycles. The van der Waals surface area contributed by atoms with Gasteiger partial charge < -0.3 is 26.0 Å². The van der Waals surface area contributed by atoms with Gasteiger partial charge in [0.1, 0.15) is 6.04 Å². The van der Waals surface area contributed by atoms with Gasteiger partial charge in [-0.3, -0.25) is 4.79 Å². The van der Waals surface area contributed by atoms with Crippen LogP contribution < -0.4 is 16.4 Å². The topological polar surface area (TPSA) is 126 Å². The van der Waals surface area contributed by atoms with E-state index in [1.807, 2.05) is 54.6 Å². The number of carbonyl (C=O) groups excluding carboxylic acids is 2. The average Bonchev–Trinajstić information content (AvgIpc) is 3.13. The highest BCUT2D eigenvalue weighted by atomic mass is 16.4. The molecule has 0 aliphatic heterocycles. The van der Waals surface area contributed by atoms with Gasteiger partial charge in [-0.05, 0) is 30.5 Å². The first-order valence-corrected chi connectivity index (χ1v) is 10.1. The van der Waals surface area contributed by atoms with Crippen molar-refractivity contribution in [3.8, 4) is 11.3 Å². The number of aliphatic carboxylic acids is 1. The number of nitrogens with two attached hydrogens (primary N) is 1. The number of amides is 3. The van der Waals surface area contributed by atoms with Crippen molar-refractivity contribution < 1.29 is 19.5 Å². The van der Waals surface area contributed by atoms with Crippen LogP contribution in [0.2, 0.25) is 0 Å². The van der Waals surface area contributed by atoms with Gasteiger partial charge in [0.2, 0.25) is 5.91 Å². The number of hydrogen-bond acceptors (Lipinski definition) is 3. The van der Waals surface area contributed by atoms with Gasteiger partial charge in [-0.2, -0.15) is 0 Å². The first-order valence-electron chi connectivity index (χ1n) is 10.1. The van der Waals surface area contributed by atoms with E-state index in [-0.39, 0.29) is 25.3 Å². The minimum absolute atomic E-state index is 0.141. The summed E-state index contributed by atoms with van der Waals surface area (Å²) in [6, 6.07) is 18.3. The van der Waals surface area contributed by atoms with Crippen molar-refractivity contribution in [2.75, 3.05) is 6.54 Å². The maximum Gasteiger partial charge on any atom is 0.326 e. The van der Waals surface area contributed by atoms with E-state index in [1.54, 1.807) is 0 Å². The Kier molecular flexibility index (Phi) is 7.26. The standard InChI is InChI=1S/C23H26N4O4/c24-23(31)25-13-6-10-18(22(29)30)26-21(28)12-14-27-19-11-5-4-9-17(19)15-20(27)16-7-2-1-3-8-16/h1-5,7-9,11,15,18H,6,10,12-14H2,(H,26,28)(H,29,30)(H3,24,25,31). The van der Waals surface area contributed by atoms with E-state index in [9.17, 15) is 19.5 Å². The lowest BCUT2D eigenvalue weighted by Crippen LogP contribution is -2.41. The second kappa shape index (κ2) is 10.3. The van der Waals surface area contributed by atoms with Crippen LogP contribution in [0.3, 0.4) is 0 Å². The molecule has 1 atom stereocenters. The van der Waals surface area contributed by atoms with Crippen molar-refractivity contribution in [1.29, 1.82) is 0 Å². The van der Waals surface area contributed by atoms with E-state index < -0.39 is 18.0 Å². The fourth-order valence-corrected chi connectivity index (χ4v) is 3.55. The van der Waals surface area contributed by atoms with Crippen molar-refractivity contribution >= 4 is 28.8 Å². The normalized spacial score (nSPS) is 11.7. The largest absolute Gasteiger partial charge is 0.480 e. The highest BCUT2D eigenvalue weighted by Crippen LogP contribution is 2.28. The number of aryl methyl sites for hydroxylation is 1. The molecule has 0 spiro atoms. The van der Waals surface area contributed by atoms with Gasteiger partial charge >= 0.3 is 12.0 Å². The summed E-state index contributed by atoms with van der Waals surface area (Å²) in [6.07, 6.45) is 0.728. The Morgan fingerprint density at radius 2 is 1.74 bits per heavy atom. The summed E-state index contributed by atoms with van der Waals surface area (Å²) < 4.78 is 2.08. The van der Waals surface area contributed by atoms with Crippen LogP contribution in [-0.4, -0.2) is 40.2 Å². The van der Waals surface area contributed by atoms with Crippen molar-refractivity contribution in [2.24, 2.45) is 5.73 Å². The quantitative estimate of drug-likeness (QED) is 0.375. The molecule has 0 saturated carbocycles. The van der Waals surface area contributed by atoms with E-state index in [1.165, 1.54) is 0 Å². The number of carboxylic acids is 1. The maximum absolute atomic E-state index is 12.5. The van der Waals surface area contributed by atoms with Gasteiger partial charge in [-0.25, -0.2) is 9.59 Å². The first-order chi connectivity index (χ1) is 15.0. The number of fused-ring (bicyclic) bond motifs is 1. The molecule has 3 aromatic rings. The second-order valence-electron chi connectivity index (χ2n) is 7.25. The van der Waals surface area contributed by atoms with Crippen molar-refractivity contribution in [3.63, 3.8) is 0 Å². The van der Waals surface area contributed by atoms with E-state index in [0.29, 0.717) is 13.0 Å². The zero-order valence-corrected chi connectivity index (χ0v) is 17.1. The predicted molar refractivity (Wildman–Crippen MR) is 118 cm³/mol. The highest BCUT2D eigenvalue weighted by Gasteiger charge is 2.20. The third kappa shape index (κ3) is 5.85. The average molecular weight is 422 g/mol. The van der Waals surface area contributed by atoms with E-state index in [0.717, 1.165) is 22.2 Å². The molecule has 5 N–H and O–H groups in total. The van der Waals surface area contributed by atoms with Crippen LogP contribution in [0.1, 0.15) is 19.3 Å². The van der Waals surface area contributed by atoms with Crippen LogP contribution in [0.5, 0.6) is 0 Å². The predicted octanol–water partition coefficient (Wildman–Crippen LogP) is 2.72. The number of rotatable bonds is 10. The Labute approximate surface area is 180 Å². The second-order valence-corrected chi connectivity index (χ2v) is 7.25. The summed E-state index contributed by atoms with van der Waals surface area (Å²) in [6.45, 7) is 0.671. The SMILES string of the molecule is NC(=O)NCCCC(NC(=O)CCn1c(-c2ccccc2)cc2ccccc21)C(=O)O. The Morgan fingerprint density at radius 3 is 2.45 bits per heavy atom. The number of hydrogen-bond donors (Lipinski definition) is 4. The van der Waals surface area contributed by atoms with Gasteiger partial charge in [0.25, 0.3) is 0 Å². The fourth-order valence-electron chi connectivity index (χ4n) is 3.55. The summed E-state index contributed by atoms with van der Waals surface area (Å²) >= 11 is 0. The lowest BCUT2D eigenvalue weighted by molar-refractivity contribution is -0.142. The number of nitrogens with one attached hydrogen (secondary N) is 2. The number of carboxylic acid groups (broad SMARTS) is 1. The van der Waals surface area contributed by atoms with Gasteiger partial charge in [0.05, 0.1) is 0 Å². The first kappa shape index (κ1) is 21.9. The number of urea groups is 1. The summed E-state index contributed by atoms with van der Waals surface area (Å²) in [5.74, 6) is -1.45. The summed E-state index contributed by atoms with van der Waals surface area (Å²) in [7, 11) is 0. The molecule has 162 valence electrons. The number of benzene rings is 2. The smallest absolute Gasteiger partial charge is 0.326 e. The minimum atomic E-state index is -1.11. The molecule has 0 aliphatic carbocycles. The van der Waals surface area contributed by atoms with Crippen molar-refractivity contribution in [3.05, 3.63) is 60.7 Å². The number of aromatic nitrogens is 1. The van der Waals surface area contributed by atoms with Crippen molar-refractivity contribution in [1.82, 2.24) is 15.2 Å². The lowest BCUT2D eigenvalue weighted by Gasteiger charge is -2.16. The van der Waals surface area contributed by atoms with Gasteiger partial charge in [-0.15, -0.1) is 0 Å². The zero-order chi connectivity index (χ0) is 22.2. The number of para-hydroxylation sites is 1. The van der Waals surface area contributed by atoms with Crippen LogP contribution >= 0.6 is 0 Å². The molecule has 1 unspecified atom stereocenters. The molecule has 31 heavy (non-hydrogen) atoms. The molecule has 0 aliphatic rings. The molecule has 2 aromatic carbocycles. The summed E-state index contributed by atoms with van der Waals surface area (Å²) in [4.78, 5) is 34.7. The Balaban J connectivity index is 1.68. The molecule has 0 fully saturated rings. The Morgan fingerprint density at radius 1 is 1.03 bits per heavy atom. The molecule has 0 radical (unpaired) electrons. The molecule has 8 nitrogen and oxygen atoms in total. The number of nitrogens with zero attached hydrogens (tertiary/aromatic N) is 1. The molecule has 1 heterocycles. The highest BCUT2D eigenvalue weighted by molar-refractivity contribution is 5.88. The van der Waals surface area contributed by atoms with Crippen LogP contribution in [-0.2, 0) is 16.1 Å². The molecule has 1 aromatic heterocycles. The van der Waals surface area contributed by atoms with Gasteiger partial charge in [0.15, 0.2) is 0 Å². The Bertz CT molecular complexity index is 1060. The molecule has 8 heteroatoms. The van der Waals surface area contributed by atoms with Crippen LogP contribution in [0, 0.1) is 0 Å². The van der Waals surface area contributed by atoms with E-state index in [2.05, 4.69) is 21.3 Å². The van der Waals surface area contributed by atoms with Crippen LogP contribution in [0.4, 0.5) is 4.79 Å². The number of primary amides is 1. The number of carbonyl (C=O) groups is 3. The van der Waals surface area contributed by atoms with Gasteiger partial charge in [0, 0.05) is 36.1 Å². The third-order valence-electron chi connectivity index (χ3n) is 5.04. The molecule has 0 bridgehead atoms. The van der Waals surface area contributed by atoms with E-state index >= 15 is 0 Å². The fraction of sp³-hybridized carbons (Fsp3) is 0.261. The monoisotopic (exact) mass is 422 g/mol. The van der Waals surface area contributed by atoms with Gasteiger partial charge in [-0.1, -0.05) is 48.5 Å². The molecular weight excluding hydrogens is 396 g/mol. The van der Waals surface area contributed by atoms with Crippen molar-refractivity contribution in [2.45, 2.75) is 31.8 Å². The molecule has 3 amide bonds. The summed E-state index contributed by atoms with van der Waals surface area (Å²) in [5, 5.41) is 15.4. The Hall–Kier alpha value is -3.81. The van der Waals surface area contributed by atoms with Crippen LogP contribution in [0.25, 0.3) is 22.2 Å². The molecule has 3 rings (SSSR count). The lowest BCUT2D eigenvalue weighted by atomic mass is 10.1. The third-order valence-corrected chi connectivity index (χ3v) is 5.04. The summed E-state index contributed by atoms with van der Waals surface area (Å²) in [5.41, 5.74) is 8.05. The van der Waals surface area contributed by atoms with Crippen LogP contribution in [0.15, 0.2) is 60.7 Å². The van der Waals surface area contributed by atoms with E-state index in [4.69, 9.17) is 5.73 Å². The zero-order valence-electron chi connectivity index (χ0n) is 17.1. The minimum Gasteiger partial charge on any atom is -0.480 e.